The van der Waals surface area contributed by atoms with Crippen LogP contribution in [0.5, 0.6) is 0 Å². The molecule has 0 aromatic carbocycles. The average Bonchev–Trinajstić information content (AvgIpc) is 3.00. The molecule has 11 heteroatoms. The first-order valence-corrected chi connectivity index (χ1v) is 10.4. The summed E-state index contributed by atoms with van der Waals surface area (Å²) in [5.74, 6) is 0.457. The number of amides is 2. The van der Waals surface area contributed by atoms with Crippen LogP contribution in [0.25, 0.3) is 0 Å². The van der Waals surface area contributed by atoms with E-state index < -0.39 is 9.84 Å². The molecule has 26 heavy (non-hydrogen) atoms. The van der Waals surface area contributed by atoms with Crippen LogP contribution in [-0.4, -0.2) is 74.8 Å². The van der Waals surface area contributed by atoms with Crippen LogP contribution in [0.3, 0.4) is 0 Å². The summed E-state index contributed by atoms with van der Waals surface area (Å²) < 4.78 is 24.1. The summed E-state index contributed by atoms with van der Waals surface area (Å²) in [4.78, 5) is 22.1. The first kappa shape index (κ1) is 20.7. The van der Waals surface area contributed by atoms with Crippen molar-refractivity contribution in [2.75, 3.05) is 50.8 Å². The fourth-order valence-electron chi connectivity index (χ4n) is 3.16. The van der Waals surface area contributed by atoms with E-state index in [4.69, 9.17) is 0 Å². The second-order valence-corrected chi connectivity index (χ2v) is 8.39. The number of piperidine rings is 1. The monoisotopic (exact) mass is 404 g/mol. The normalized spacial score (nSPS) is 20.4. The molecule has 2 aliphatic heterocycles. The standard InChI is InChI=1S/C15H24N6O3S.ClH/c1-25(23,24)12-10-19-14(17-5-7-21-8-6-18-15(21)22)20-13(12)11-3-2-4-16-9-11;/h10-11,16H,2-9H2,1H3,(H,18,22)(H,17,19,20);1H. The maximum Gasteiger partial charge on any atom is 0.317 e. The molecule has 1 aromatic rings. The number of urea groups is 1. The first-order valence-electron chi connectivity index (χ1n) is 8.49. The Balaban J connectivity index is 0.00000243. The van der Waals surface area contributed by atoms with Crippen LogP contribution in [0.1, 0.15) is 24.5 Å². The molecule has 2 fully saturated rings. The van der Waals surface area contributed by atoms with Gasteiger partial charge < -0.3 is 20.9 Å². The highest BCUT2D eigenvalue weighted by atomic mass is 35.5. The molecule has 3 N–H and O–H groups in total. The molecule has 0 saturated carbocycles. The summed E-state index contributed by atoms with van der Waals surface area (Å²) in [6, 6.07) is -0.0656. The summed E-state index contributed by atoms with van der Waals surface area (Å²) in [6.07, 6.45) is 4.46. The minimum atomic E-state index is -3.38. The van der Waals surface area contributed by atoms with Crippen LogP contribution in [0.4, 0.5) is 10.7 Å². The van der Waals surface area contributed by atoms with Crippen LogP contribution in [0.2, 0.25) is 0 Å². The Morgan fingerprint density at radius 3 is 2.81 bits per heavy atom. The van der Waals surface area contributed by atoms with E-state index in [1.54, 1.807) is 4.90 Å². The highest BCUT2D eigenvalue weighted by Gasteiger charge is 2.25. The maximum absolute atomic E-state index is 12.1. The molecule has 2 aliphatic rings. The van der Waals surface area contributed by atoms with Crippen molar-refractivity contribution in [2.45, 2.75) is 23.7 Å². The lowest BCUT2D eigenvalue weighted by Gasteiger charge is -2.24. The highest BCUT2D eigenvalue weighted by Crippen LogP contribution is 2.27. The second-order valence-electron chi connectivity index (χ2n) is 6.40. The van der Waals surface area contributed by atoms with Crippen molar-refractivity contribution >= 4 is 34.2 Å². The van der Waals surface area contributed by atoms with E-state index in [9.17, 15) is 13.2 Å². The molecule has 0 spiro atoms. The Bertz CT molecular complexity index is 739. The third kappa shape index (κ3) is 4.95. The van der Waals surface area contributed by atoms with Gasteiger partial charge in [0.1, 0.15) is 4.90 Å². The zero-order chi connectivity index (χ0) is 17.9. The van der Waals surface area contributed by atoms with E-state index in [-0.39, 0.29) is 29.3 Å². The second kappa shape index (κ2) is 8.83. The molecular weight excluding hydrogens is 380 g/mol. The van der Waals surface area contributed by atoms with Crippen molar-refractivity contribution in [1.82, 2.24) is 25.5 Å². The van der Waals surface area contributed by atoms with Gasteiger partial charge >= 0.3 is 6.03 Å². The number of hydrogen-bond acceptors (Lipinski definition) is 7. The molecule has 0 bridgehead atoms. The smallest absolute Gasteiger partial charge is 0.317 e. The number of nitrogens with zero attached hydrogens (tertiary/aromatic N) is 3. The van der Waals surface area contributed by atoms with E-state index in [1.807, 2.05) is 0 Å². The Morgan fingerprint density at radius 1 is 1.38 bits per heavy atom. The highest BCUT2D eigenvalue weighted by molar-refractivity contribution is 7.90. The lowest BCUT2D eigenvalue weighted by Crippen LogP contribution is -2.33. The SMILES string of the molecule is CS(=O)(=O)c1cnc(NCCN2CCNC2=O)nc1C1CCCNC1.Cl. The van der Waals surface area contributed by atoms with E-state index in [2.05, 4.69) is 25.9 Å². The molecule has 9 nitrogen and oxygen atoms in total. The molecule has 3 heterocycles. The predicted molar refractivity (Wildman–Crippen MR) is 101 cm³/mol. The number of carbonyl (C=O) groups excluding carboxylic acids is 1. The van der Waals surface area contributed by atoms with Crippen molar-refractivity contribution in [3.8, 4) is 0 Å². The molecule has 1 atom stereocenters. The number of carbonyl (C=O) groups is 1. The quantitative estimate of drug-likeness (QED) is 0.620. The Kier molecular flexibility index (Phi) is 7.01. The third-order valence-electron chi connectivity index (χ3n) is 4.48. The number of aromatic nitrogens is 2. The van der Waals surface area contributed by atoms with Gasteiger partial charge in [-0.1, -0.05) is 0 Å². The van der Waals surface area contributed by atoms with Crippen molar-refractivity contribution in [2.24, 2.45) is 0 Å². The number of halogens is 1. The molecule has 0 aliphatic carbocycles. The van der Waals surface area contributed by atoms with Gasteiger partial charge in [0, 0.05) is 44.9 Å². The van der Waals surface area contributed by atoms with E-state index in [0.29, 0.717) is 44.4 Å². The van der Waals surface area contributed by atoms with Crippen molar-refractivity contribution in [3.63, 3.8) is 0 Å². The van der Waals surface area contributed by atoms with E-state index >= 15 is 0 Å². The fraction of sp³-hybridized carbons (Fsp3) is 0.667. The van der Waals surface area contributed by atoms with E-state index in [0.717, 1.165) is 19.4 Å². The van der Waals surface area contributed by atoms with Gasteiger partial charge in [-0.05, 0) is 19.4 Å². The molecule has 146 valence electrons. The number of rotatable bonds is 6. The first-order chi connectivity index (χ1) is 11.9. The molecule has 3 rings (SSSR count). The predicted octanol–water partition coefficient (Wildman–Crippen LogP) is 0.206. The molecule has 0 radical (unpaired) electrons. The van der Waals surface area contributed by atoms with E-state index in [1.165, 1.54) is 12.5 Å². The fourth-order valence-corrected chi connectivity index (χ4v) is 4.00. The van der Waals surface area contributed by atoms with Crippen LogP contribution in [0, 0.1) is 0 Å². The van der Waals surface area contributed by atoms with Gasteiger partial charge in [0.05, 0.1) is 11.9 Å². The number of hydrogen-bond donors (Lipinski definition) is 3. The van der Waals surface area contributed by atoms with Gasteiger partial charge in [-0.2, -0.15) is 0 Å². The number of sulfone groups is 1. The third-order valence-corrected chi connectivity index (χ3v) is 5.59. The lowest BCUT2D eigenvalue weighted by molar-refractivity contribution is 0.219. The van der Waals surface area contributed by atoms with Crippen LogP contribution in [0.15, 0.2) is 11.1 Å². The number of anilines is 1. The van der Waals surface area contributed by atoms with Crippen LogP contribution < -0.4 is 16.0 Å². The van der Waals surface area contributed by atoms with Crippen molar-refractivity contribution in [1.29, 1.82) is 0 Å². The minimum absolute atomic E-state index is 0. The summed E-state index contributed by atoms with van der Waals surface area (Å²) >= 11 is 0. The van der Waals surface area contributed by atoms with Crippen LogP contribution in [-0.2, 0) is 9.84 Å². The molecule has 2 saturated heterocycles. The minimum Gasteiger partial charge on any atom is -0.352 e. The van der Waals surface area contributed by atoms with Gasteiger partial charge in [-0.15, -0.1) is 12.4 Å². The van der Waals surface area contributed by atoms with Crippen LogP contribution >= 0.6 is 12.4 Å². The Hall–Kier alpha value is -1.65. The largest absolute Gasteiger partial charge is 0.352 e. The molecule has 1 unspecified atom stereocenters. The van der Waals surface area contributed by atoms with Gasteiger partial charge in [-0.25, -0.2) is 23.2 Å². The van der Waals surface area contributed by atoms with Crippen molar-refractivity contribution in [3.05, 3.63) is 11.9 Å². The maximum atomic E-state index is 12.1. The van der Waals surface area contributed by atoms with Gasteiger partial charge in [-0.3, -0.25) is 0 Å². The number of nitrogens with one attached hydrogen (secondary N) is 3. The average molecular weight is 405 g/mol. The van der Waals surface area contributed by atoms with Gasteiger partial charge in [0.25, 0.3) is 0 Å². The summed E-state index contributed by atoms with van der Waals surface area (Å²) in [6.45, 7) is 4.06. The summed E-state index contributed by atoms with van der Waals surface area (Å²) in [5.41, 5.74) is 0.575. The summed E-state index contributed by atoms with van der Waals surface area (Å²) in [5, 5.41) is 9.13. The lowest BCUT2D eigenvalue weighted by atomic mass is 9.96. The summed E-state index contributed by atoms with van der Waals surface area (Å²) in [7, 11) is -3.38. The molecular formula is C15H25ClN6O3S. The molecule has 2 amide bonds. The van der Waals surface area contributed by atoms with Crippen molar-refractivity contribution < 1.29 is 13.2 Å². The Labute approximate surface area is 159 Å². The Morgan fingerprint density at radius 2 is 2.19 bits per heavy atom. The van der Waals surface area contributed by atoms with Gasteiger partial charge in [0.2, 0.25) is 5.95 Å². The molecule has 1 aromatic heterocycles. The van der Waals surface area contributed by atoms with Gasteiger partial charge in [0.15, 0.2) is 9.84 Å². The topological polar surface area (TPSA) is 116 Å². The zero-order valence-electron chi connectivity index (χ0n) is 14.7. The zero-order valence-corrected chi connectivity index (χ0v) is 16.3.